The standard InChI is InChI=1S/C23H32ClN7O2/c1-3-4-9-26-22-20-19(28-23(25)29-22)21(24)30-31(20)14-16-6-5-15(12-18(16)32-2)13-27-17-7-10-33-11-8-17/h5-6,12,17,27H,3-4,7-11,13-14H2,1-2H3,(H3,25,26,28,29). The third-order valence-electron chi connectivity index (χ3n) is 5.87. The molecule has 2 aromatic heterocycles. The van der Waals surface area contributed by atoms with Gasteiger partial charge >= 0.3 is 0 Å². The molecule has 10 heteroatoms. The number of rotatable bonds is 10. The summed E-state index contributed by atoms with van der Waals surface area (Å²) in [5, 5.41) is 11.8. The molecule has 0 amide bonds. The number of benzene rings is 1. The van der Waals surface area contributed by atoms with Crippen molar-refractivity contribution in [3.63, 3.8) is 0 Å². The Morgan fingerprint density at radius 2 is 2.09 bits per heavy atom. The summed E-state index contributed by atoms with van der Waals surface area (Å²) in [5.74, 6) is 1.61. The molecule has 1 saturated heterocycles. The maximum atomic E-state index is 6.41. The van der Waals surface area contributed by atoms with Crippen LogP contribution in [0, 0.1) is 0 Å². The Kier molecular flexibility index (Phi) is 7.85. The zero-order valence-corrected chi connectivity index (χ0v) is 20.0. The molecule has 0 radical (unpaired) electrons. The van der Waals surface area contributed by atoms with Gasteiger partial charge in [0.1, 0.15) is 16.8 Å². The molecule has 0 atom stereocenters. The summed E-state index contributed by atoms with van der Waals surface area (Å²) in [6.07, 6.45) is 4.18. The normalized spacial score (nSPS) is 14.6. The first-order valence-electron chi connectivity index (χ1n) is 11.5. The van der Waals surface area contributed by atoms with Crippen LogP contribution in [0.25, 0.3) is 11.0 Å². The van der Waals surface area contributed by atoms with Gasteiger partial charge in [-0.15, -0.1) is 0 Å². The van der Waals surface area contributed by atoms with Crippen molar-refractivity contribution in [2.75, 3.05) is 37.9 Å². The minimum absolute atomic E-state index is 0.168. The topological polar surface area (TPSA) is 112 Å². The van der Waals surface area contributed by atoms with Crippen LogP contribution in [0.2, 0.25) is 5.15 Å². The third kappa shape index (κ3) is 5.66. The number of nitrogens with two attached hydrogens (primary N) is 1. The number of hydrogen-bond acceptors (Lipinski definition) is 8. The summed E-state index contributed by atoms with van der Waals surface area (Å²) in [4.78, 5) is 8.72. The molecule has 3 heterocycles. The summed E-state index contributed by atoms with van der Waals surface area (Å²) in [7, 11) is 1.68. The van der Waals surface area contributed by atoms with Crippen LogP contribution < -0.4 is 21.1 Å². The van der Waals surface area contributed by atoms with E-state index in [-0.39, 0.29) is 5.95 Å². The van der Waals surface area contributed by atoms with Gasteiger partial charge in [-0.2, -0.15) is 10.1 Å². The Balaban J connectivity index is 1.56. The number of nitrogens with one attached hydrogen (secondary N) is 2. The molecule has 178 valence electrons. The van der Waals surface area contributed by atoms with E-state index in [1.165, 1.54) is 5.56 Å². The van der Waals surface area contributed by atoms with E-state index in [1.54, 1.807) is 7.11 Å². The van der Waals surface area contributed by atoms with Crippen molar-refractivity contribution in [3.8, 4) is 5.75 Å². The lowest BCUT2D eigenvalue weighted by molar-refractivity contribution is 0.0776. The highest BCUT2D eigenvalue weighted by atomic mass is 35.5. The van der Waals surface area contributed by atoms with Crippen molar-refractivity contribution in [2.45, 2.75) is 51.7 Å². The predicted octanol–water partition coefficient (Wildman–Crippen LogP) is 3.60. The minimum Gasteiger partial charge on any atom is -0.496 e. The molecular weight excluding hydrogens is 442 g/mol. The van der Waals surface area contributed by atoms with Gasteiger partial charge in [0.25, 0.3) is 0 Å². The Morgan fingerprint density at radius 3 is 2.85 bits per heavy atom. The van der Waals surface area contributed by atoms with Crippen LogP contribution in [-0.4, -0.2) is 52.7 Å². The molecule has 1 fully saturated rings. The van der Waals surface area contributed by atoms with Crippen LogP contribution in [0.3, 0.4) is 0 Å². The highest BCUT2D eigenvalue weighted by molar-refractivity contribution is 6.34. The lowest BCUT2D eigenvalue weighted by Crippen LogP contribution is -2.34. The second-order valence-electron chi connectivity index (χ2n) is 8.27. The van der Waals surface area contributed by atoms with E-state index in [9.17, 15) is 0 Å². The number of aromatic nitrogens is 4. The number of hydrogen-bond donors (Lipinski definition) is 3. The Bertz CT molecular complexity index is 1080. The van der Waals surface area contributed by atoms with Crippen LogP contribution in [0.4, 0.5) is 11.8 Å². The summed E-state index contributed by atoms with van der Waals surface area (Å²) < 4.78 is 13.0. The van der Waals surface area contributed by atoms with Gasteiger partial charge < -0.3 is 25.8 Å². The average molecular weight is 474 g/mol. The minimum atomic E-state index is 0.168. The number of nitrogen functional groups attached to an aromatic ring is 1. The summed E-state index contributed by atoms with van der Waals surface area (Å²) >= 11 is 6.41. The van der Waals surface area contributed by atoms with Gasteiger partial charge in [0.2, 0.25) is 5.95 Å². The lowest BCUT2D eigenvalue weighted by Gasteiger charge is -2.23. The summed E-state index contributed by atoms with van der Waals surface area (Å²) in [5.41, 5.74) is 9.35. The fourth-order valence-corrected chi connectivity index (χ4v) is 4.26. The lowest BCUT2D eigenvalue weighted by atomic mass is 10.1. The van der Waals surface area contributed by atoms with E-state index in [0.29, 0.717) is 29.1 Å². The Hall–Kier alpha value is -2.62. The first-order valence-corrected chi connectivity index (χ1v) is 11.9. The highest BCUT2D eigenvalue weighted by Gasteiger charge is 2.19. The highest BCUT2D eigenvalue weighted by Crippen LogP contribution is 2.30. The van der Waals surface area contributed by atoms with Gasteiger partial charge in [-0.1, -0.05) is 37.1 Å². The zero-order chi connectivity index (χ0) is 23.2. The molecule has 3 aromatic rings. The van der Waals surface area contributed by atoms with Crippen molar-refractivity contribution in [1.29, 1.82) is 0 Å². The number of anilines is 2. The SMILES string of the molecule is CCCCNc1nc(N)nc2c(Cl)nn(Cc3ccc(CNC4CCOCC4)cc3OC)c12. The fourth-order valence-electron chi connectivity index (χ4n) is 4.04. The molecule has 0 aliphatic carbocycles. The van der Waals surface area contributed by atoms with Crippen LogP contribution >= 0.6 is 11.6 Å². The van der Waals surface area contributed by atoms with Gasteiger partial charge in [-0.3, -0.25) is 4.68 Å². The molecule has 9 nitrogen and oxygen atoms in total. The van der Waals surface area contributed by atoms with E-state index >= 15 is 0 Å². The molecule has 0 spiro atoms. The average Bonchev–Trinajstić information content (AvgIpc) is 3.14. The first kappa shape index (κ1) is 23.5. The van der Waals surface area contributed by atoms with Gasteiger partial charge in [0, 0.05) is 37.9 Å². The van der Waals surface area contributed by atoms with Crippen molar-refractivity contribution in [3.05, 3.63) is 34.5 Å². The van der Waals surface area contributed by atoms with E-state index in [4.69, 9.17) is 26.8 Å². The van der Waals surface area contributed by atoms with Crippen LogP contribution in [0.1, 0.15) is 43.7 Å². The van der Waals surface area contributed by atoms with Crippen molar-refractivity contribution in [2.24, 2.45) is 0 Å². The predicted molar refractivity (Wildman–Crippen MR) is 131 cm³/mol. The van der Waals surface area contributed by atoms with Crippen molar-refractivity contribution >= 4 is 34.4 Å². The van der Waals surface area contributed by atoms with Gasteiger partial charge in [0.05, 0.1) is 13.7 Å². The van der Waals surface area contributed by atoms with E-state index < -0.39 is 0 Å². The number of halogens is 1. The number of nitrogens with zero attached hydrogens (tertiary/aromatic N) is 4. The van der Waals surface area contributed by atoms with Crippen molar-refractivity contribution < 1.29 is 9.47 Å². The zero-order valence-electron chi connectivity index (χ0n) is 19.2. The van der Waals surface area contributed by atoms with Crippen LogP contribution in [-0.2, 0) is 17.8 Å². The molecule has 4 N–H and O–H groups in total. The molecule has 1 aromatic carbocycles. The van der Waals surface area contributed by atoms with Crippen molar-refractivity contribution in [1.82, 2.24) is 25.1 Å². The molecular formula is C23H32ClN7O2. The quantitative estimate of drug-likeness (QED) is 0.383. The van der Waals surface area contributed by atoms with Gasteiger partial charge in [-0.05, 0) is 30.9 Å². The second kappa shape index (κ2) is 11.0. The number of methoxy groups -OCH3 is 1. The Labute approximate surface area is 199 Å². The molecule has 1 aliphatic heterocycles. The molecule has 1 aliphatic rings. The van der Waals surface area contributed by atoms with Gasteiger partial charge in [-0.25, -0.2) is 4.98 Å². The second-order valence-corrected chi connectivity index (χ2v) is 8.63. The van der Waals surface area contributed by atoms with E-state index in [2.05, 4.69) is 50.8 Å². The summed E-state index contributed by atoms with van der Waals surface area (Å²) in [6.45, 7) is 5.83. The molecule has 0 saturated carbocycles. The van der Waals surface area contributed by atoms with E-state index in [0.717, 1.165) is 68.8 Å². The van der Waals surface area contributed by atoms with Crippen LogP contribution in [0.15, 0.2) is 18.2 Å². The smallest absolute Gasteiger partial charge is 0.222 e. The molecule has 4 rings (SSSR count). The Morgan fingerprint density at radius 1 is 1.27 bits per heavy atom. The van der Waals surface area contributed by atoms with E-state index in [1.807, 2.05) is 4.68 Å². The van der Waals surface area contributed by atoms with Crippen LogP contribution in [0.5, 0.6) is 5.75 Å². The maximum Gasteiger partial charge on any atom is 0.222 e. The largest absolute Gasteiger partial charge is 0.496 e. The third-order valence-corrected chi connectivity index (χ3v) is 6.13. The summed E-state index contributed by atoms with van der Waals surface area (Å²) in [6, 6.07) is 6.76. The van der Waals surface area contributed by atoms with Gasteiger partial charge in [0.15, 0.2) is 11.0 Å². The number of unbranched alkanes of at least 4 members (excludes halogenated alkanes) is 1. The first-order chi connectivity index (χ1) is 16.1. The molecule has 0 bridgehead atoms. The number of ether oxygens (including phenoxy) is 2. The maximum absolute atomic E-state index is 6.41. The number of fused-ring (bicyclic) bond motifs is 1. The fraction of sp³-hybridized carbons (Fsp3) is 0.522. The molecule has 33 heavy (non-hydrogen) atoms. The monoisotopic (exact) mass is 473 g/mol. The molecule has 0 unspecified atom stereocenters.